The summed E-state index contributed by atoms with van der Waals surface area (Å²) < 4.78 is 5.30. The Kier molecular flexibility index (Phi) is 1.93. The largest absolute Gasteiger partial charge is 0.493 e. The van der Waals surface area contributed by atoms with Gasteiger partial charge in [-0.05, 0) is 25.5 Å². The molecule has 1 heterocycles. The van der Waals surface area contributed by atoms with E-state index in [0.717, 1.165) is 18.8 Å². The molecule has 0 atom stereocenters. The first-order chi connectivity index (χ1) is 4.38. The monoisotopic (exact) mass is 124 g/mol. The first-order valence-electron chi connectivity index (χ1n) is 3.33. The van der Waals surface area contributed by atoms with Gasteiger partial charge >= 0.3 is 0 Å². The molecule has 0 unspecified atom stereocenters. The van der Waals surface area contributed by atoms with E-state index < -0.39 is 0 Å². The molecule has 0 radical (unpaired) electrons. The van der Waals surface area contributed by atoms with Gasteiger partial charge in [0, 0.05) is 6.42 Å². The van der Waals surface area contributed by atoms with Gasteiger partial charge in [0.1, 0.15) is 5.76 Å². The lowest BCUT2D eigenvalue weighted by Crippen LogP contribution is -1.77. The van der Waals surface area contributed by atoms with E-state index in [2.05, 4.69) is 6.08 Å². The molecule has 1 rings (SSSR count). The number of hydrogen-bond acceptors (Lipinski definition) is 1. The summed E-state index contributed by atoms with van der Waals surface area (Å²) in [4.78, 5) is 0. The molecular formula is C8H12O. The van der Waals surface area contributed by atoms with Crippen molar-refractivity contribution >= 4 is 0 Å². The van der Waals surface area contributed by atoms with Crippen LogP contribution in [0.25, 0.3) is 0 Å². The molecule has 1 heteroatoms. The predicted molar refractivity (Wildman–Crippen MR) is 38.1 cm³/mol. The maximum Gasteiger partial charge on any atom is 0.118 e. The summed E-state index contributed by atoms with van der Waals surface area (Å²) in [5.41, 5.74) is 1.34. The number of rotatable bonds is 0. The van der Waals surface area contributed by atoms with Gasteiger partial charge in [0.25, 0.3) is 0 Å². The number of ether oxygens (including phenoxy) is 1. The fourth-order valence-electron chi connectivity index (χ4n) is 1.04. The Bertz CT molecular complexity index is 136. The van der Waals surface area contributed by atoms with Crippen LogP contribution in [0.2, 0.25) is 0 Å². The van der Waals surface area contributed by atoms with Crippen LogP contribution in [0.15, 0.2) is 23.5 Å². The van der Waals surface area contributed by atoms with Gasteiger partial charge in [-0.1, -0.05) is 6.08 Å². The number of allylic oxidation sites excluding steroid dienone is 3. The lowest BCUT2D eigenvalue weighted by molar-refractivity contribution is 0.265. The Morgan fingerprint density at radius 3 is 2.56 bits per heavy atom. The van der Waals surface area contributed by atoms with Crippen LogP contribution >= 0.6 is 0 Å². The first-order valence-corrected chi connectivity index (χ1v) is 3.33. The average molecular weight is 124 g/mol. The summed E-state index contributed by atoms with van der Waals surface area (Å²) in [5, 5.41) is 0. The highest BCUT2D eigenvalue weighted by molar-refractivity contribution is 5.27. The van der Waals surface area contributed by atoms with Crippen molar-refractivity contribution in [1.29, 1.82) is 0 Å². The van der Waals surface area contributed by atoms with Gasteiger partial charge in [0.15, 0.2) is 0 Å². The van der Waals surface area contributed by atoms with Gasteiger partial charge in [0.2, 0.25) is 0 Å². The second-order valence-corrected chi connectivity index (χ2v) is 2.07. The van der Waals surface area contributed by atoms with E-state index in [4.69, 9.17) is 4.74 Å². The lowest BCUT2D eigenvalue weighted by atomic mass is 10.2. The molecule has 1 nitrogen and oxygen atoms in total. The summed E-state index contributed by atoms with van der Waals surface area (Å²) >= 11 is 0. The third-order valence-electron chi connectivity index (χ3n) is 1.56. The van der Waals surface area contributed by atoms with Crippen molar-refractivity contribution in [2.24, 2.45) is 0 Å². The third kappa shape index (κ3) is 1.15. The van der Waals surface area contributed by atoms with E-state index in [0.29, 0.717) is 0 Å². The zero-order chi connectivity index (χ0) is 6.69. The quantitative estimate of drug-likeness (QED) is 0.481. The zero-order valence-electron chi connectivity index (χ0n) is 5.98. The Labute approximate surface area is 56.0 Å². The molecule has 0 spiro atoms. The minimum Gasteiger partial charge on any atom is -0.493 e. The Morgan fingerprint density at radius 1 is 1.33 bits per heavy atom. The van der Waals surface area contributed by atoms with Gasteiger partial charge in [-0.3, -0.25) is 0 Å². The van der Waals surface area contributed by atoms with Crippen LogP contribution in [0.1, 0.15) is 20.3 Å². The second kappa shape index (κ2) is 2.72. The average Bonchev–Trinajstić information content (AvgIpc) is 2.33. The summed E-state index contributed by atoms with van der Waals surface area (Å²) in [6.45, 7) is 4.91. The van der Waals surface area contributed by atoms with E-state index in [-0.39, 0.29) is 0 Å². The summed E-state index contributed by atoms with van der Waals surface area (Å²) in [6, 6.07) is 0. The van der Waals surface area contributed by atoms with E-state index in [1.165, 1.54) is 5.57 Å². The van der Waals surface area contributed by atoms with Gasteiger partial charge in [-0.25, -0.2) is 0 Å². The molecule has 0 aromatic carbocycles. The van der Waals surface area contributed by atoms with Crippen molar-refractivity contribution < 1.29 is 4.74 Å². The van der Waals surface area contributed by atoms with Crippen molar-refractivity contribution in [3.05, 3.63) is 23.5 Å². The van der Waals surface area contributed by atoms with Crippen LogP contribution in [0, 0.1) is 0 Å². The summed E-state index contributed by atoms with van der Waals surface area (Å²) in [5.74, 6) is 1.07. The molecule has 0 N–H and O–H groups in total. The maximum atomic E-state index is 5.30. The smallest absolute Gasteiger partial charge is 0.118 e. The van der Waals surface area contributed by atoms with E-state index >= 15 is 0 Å². The molecule has 0 saturated carbocycles. The highest BCUT2D eigenvalue weighted by Gasteiger charge is 2.11. The van der Waals surface area contributed by atoms with Crippen LogP contribution in [-0.2, 0) is 4.74 Å². The van der Waals surface area contributed by atoms with Crippen LogP contribution < -0.4 is 0 Å². The molecular weight excluding hydrogens is 112 g/mol. The normalized spacial score (nSPS) is 27.3. The van der Waals surface area contributed by atoms with Gasteiger partial charge in [0.05, 0.1) is 6.61 Å². The van der Waals surface area contributed by atoms with E-state index in [9.17, 15) is 0 Å². The standard InChI is InChI=1S/C8H12O/c1-3-7-5-6-9-8(7)4-2/h3-4H,5-6H2,1-2H3/b7-3-,8-4+. The highest BCUT2D eigenvalue weighted by Crippen LogP contribution is 2.22. The molecule has 1 aliphatic rings. The topological polar surface area (TPSA) is 9.23 Å². The Hall–Kier alpha value is -0.720. The van der Waals surface area contributed by atoms with Crippen molar-refractivity contribution in [2.45, 2.75) is 20.3 Å². The van der Waals surface area contributed by atoms with Crippen LogP contribution in [0.5, 0.6) is 0 Å². The molecule has 0 amide bonds. The molecule has 0 aromatic heterocycles. The zero-order valence-corrected chi connectivity index (χ0v) is 5.98. The minimum atomic E-state index is 0.860. The SMILES string of the molecule is C/C=C1/CCO/C1=C/C. The Morgan fingerprint density at radius 2 is 2.11 bits per heavy atom. The predicted octanol–water partition coefficient (Wildman–Crippen LogP) is 2.26. The molecule has 1 aliphatic heterocycles. The molecule has 50 valence electrons. The van der Waals surface area contributed by atoms with Crippen molar-refractivity contribution in [2.75, 3.05) is 6.61 Å². The van der Waals surface area contributed by atoms with Crippen molar-refractivity contribution in [3.8, 4) is 0 Å². The summed E-state index contributed by atoms with van der Waals surface area (Å²) in [6.07, 6.45) is 5.21. The number of hydrogen-bond donors (Lipinski definition) is 0. The van der Waals surface area contributed by atoms with E-state index in [1.54, 1.807) is 0 Å². The van der Waals surface area contributed by atoms with Crippen molar-refractivity contribution in [1.82, 2.24) is 0 Å². The second-order valence-electron chi connectivity index (χ2n) is 2.07. The van der Waals surface area contributed by atoms with Crippen LogP contribution in [0.3, 0.4) is 0 Å². The molecule has 0 aromatic rings. The molecule has 9 heavy (non-hydrogen) atoms. The van der Waals surface area contributed by atoms with Crippen molar-refractivity contribution in [3.63, 3.8) is 0 Å². The van der Waals surface area contributed by atoms with Crippen LogP contribution in [0.4, 0.5) is 0 Å². The van der Waals surface area contributed by atoms with Crippen LogP contribution in [-0.4, -0.2) is 6.61 Å². The Balaban J connectivity index is 2.75. The highest BCUT2D eigenvalue weighted by atomic mass is 16.5. The van der Waals surface area contributed by atoms with E-state index in [1.807, 2.05) is 19.9 Å². The minimum absolute atomic E-state index is 0.860. The van der Waals surface area contributed by atoms with Gasteiger partial charge in [-0.2, -0.15) is 0 Å². The molecule has 0 bridgehead atoms. The molecule has 0 aliphatic carbocycles. The maximum absolute atomic E-state index is 5.30. The molecule has 1 fully saturated rings. The lowest BCUT2D eigenvalue weighted by Gasteiger charge is -1.95. The van der Waals surface area contributed by atoms with Gasteiger partial charge < -0.3 is 4.74 Å². The molecule has 1 saturated heterocycles. The third-order valence-corrected chi connectivity index (χ3v) is 1.56. The van der Waals surface area contributed by atoms with Gasteiger partial charge in [-0.15, -0.1) is 0 Å². The fraction of sp³-hybridized carbons (Fsp3) is 0.500. The fourth-order valence-corrected chi connectivity index (χ4v) is 1.04. The first kappa shape index (κ1) is 6.40. The summed E-state index contributed by atoms with van der Waals surface area (Å²) in [7, 11) is 0.